The van der Waals surface area contributed by atoms with Crippen LogP contribution in [0.25, 0.3) is 0 Å². The molecule has 0 saturated carbocycles. The summed E-state index contributed by atoms with van der Waals surface area (Å²) in [5.74, 6) is 0. The quantitative estimate of drug-likeness (QED) is 0.398. The first-order valence-corrected chi connectivity index (χ1v) is 0.494. The van der Waals surface area contributed by atoms with E-state index in [1.807, 2.05) is 0 Å². The fourth-order valence-corrected chi connectivity index (χ4v) is 0. The maximum atomic E-state index is 8.36. The number of carbonyl (C=O) groups is 1. The minimum Gasteiger partial charge on any atom is -0.483 e. The van der Waals surface area contributed by atoms with E-state index in [2.05, 4.69) is 0 Å². The smallest absolute Gasteiger partial charge is 0.290 e. The van der Waals surface area contributed by atoms with E-state index >= 15 is 0 Å². The number of hydrogen-bond donors (Lipinski definition) is 1. The second-order valence-corrected chi connectivity index (χ2v) is 0.105. The van der Waals surface area contributed by atoms with E-state index in [4.69, 9.17) is 9.90 Å². The zero-order valence-electron chi connectivity index (χ0n) is 3.75. The molecule has 0 spiro atoms. The third kappa shape index (κ3) is 35.5. The molecule has 0 unspecified atom stereocenters. The molecule has 0 aromatic carbocycles. The van der Waals surface area contributed by atoms with Crippen LogP contribution in [0.15, 0.2) is 0 Å². The maximum Gasteiger partial charge on any atom is 0.290 e. The molecule has 0 rings (SSSR count). The molecule has 0 aromatic heterocycles. The molecule has 0 aliphatic heterocycles. The first-order valence-electron chi connectivity index (χ1n) is 0.494. The van der Waals surface area contributed by atoms with Gasteiger partial charge in [-0.3, -0.25) is 4.79 Å². The molecule has 1 N–H and O–H groups in total. The normalized spacial score (nSPS) is 2.00. The van der Waals surface area contributed by atoms with Crippen molar-refractivity contribution in [3.05, 3.63) is 0 Å². The van der Waals surface area contributed by atoms with Crippen LogP contribution in [-0.2, 0) is 25.2 Å². The summed E-state index contributed by atoms with van der Waals surface area (Å²) in [7, 11) is 0. The van der Waals surface area contributed by atoms with Gasteiger partial charge < -0.3 is 5.11 Å². The van der Waals surface area contributed by atoms with Gasteiger partial charge in [0.25, 0.3) is 6.47 Å². The Labute approximate surface area is 94.3 Å². The molecular weight excluding hydrogens is 196 g/mol. The molecular formula is CH2Na2O2Pd. The summed E-state index contributed by atoms with van der Waals surface area (Å²) in [5, 5.41) is 6.89. The molecule has 2 radical (unpaired) electrons. The SMILES string of the molecule is O=CO.[Na].[Na].[Pd]. The van der Waals surface area contributed by atoms with Crippen molar-refractivity contribution in [2.75, 3.05) is 0 Å². The van der Waals surface area contributed by atoms with E-state index < -0.39 is 0 Å². The van der Waals surface area contributed by atoms with Crippen LogP contribution >= 0.6 is 0 Å². The summed E-state index contributed by atoms with van der Waals surface area (Å²) in [6, 6.07) is 0. The van der Waals surface area contributed by atoms with Crippen molar-refractivity contribution >= 4 is 65.6 Å². The topological polar surface area (TPSA) is 37.3 Å². The maximum absolute atomic E-state index is 8.36. The molecule has 0 atom stereocenters. The number of rotatable bonds is 0. The Morgan fingerprint density at radius 2 is 1.33 bits per heavy atom. The summed E-state index contributed by atoms with van der Waals surface area (Å²) < 4.78 is 0. The Bertz CT molecular complexity index is 19.0. The average molecular weight is 198 g/mol. The van der Waals surface area contributed by atoms with Crippen LogP contribution in [0.1, 0.15) is 0 Å². The molecule has 0 fully saturated rings. The number of hydrogen-bond acceptors (Lipinski definition) is 1. The fourth-order valence-electron chi connectivity index (χ4n) is 0. The van der Waals surface area contributed by atoms with Gasteiger partial charge in [-0.1, -0.05) is 0 Å². The van der Waals surface area contributed by atoms with Gasteiger partial charge in [0.15, 0.2) is 0 Å². The second-order valence-electron chi connectivity index (χ2n) is 0.105. The Hall–Kier alpha value is 2.13. The van der Waals surface area contributed by atoms with Gasteiger partial charge in [0.2, 0.25) is 0 Å². The van der Waals surface area contributed by atoms with Crippen molar-refractivity contribution in [2.45, 2.75) is 0 Å². The summed E-state index contributed by atoms with van der Waals surface area (Å²) >= 11 is 0. The Morgan fingerprint density at radius 3 is 1.33 bits per heavy atom. The van der Waals surface area contributed by atoms with E-state index in [0.29, 0.717) is 0 Å². The van der Waals surface area contributed by atoms with Crippen LogP contribution in [-0.4, -0.2) is 70.7 Å². The molecule has 0 amide bonds. The van der Waals surface area contributed by atoms with Gasteiger partial charge in [-0.15, -0.1) is 0 Å². The molecule has 0 aromatic rings. The summed E-state index contributed by atoms with van der Waals surface area (Å²) in [6.45, 7) is -0.250. The zero-order valence-corrected chi connectivity index (χ0v) is 9.30. The zero-order chi connectivity index (χ0) is 2.71. The van der Waals surface area contributed by atoms with Crippen molar-refractivity contribution in [1.29, 1.82) is 0 Å². The predicted molar refractivity (Wildman–Crippen MR) is 20.2 cm³/mol. The third-order valence-electron chi connectivity index (χ3n) is 0. The van der Waals surface area contributed by atoms with Crippen molar-refractivity contribution in [1.82, 2.24) is 0 Å². The molecule has 0 bridgehead atoms. The van der Waals surface area contributed by atoms with E-state index in [1.54, 1.807) is 0 Å². The van der Waals surface area contributed by atoms with Crippen LogP contribution in [0.4, 0.5) is 0 Å². The van der Waals surface area contributed by atoms with Crippen LogP contribution in [0.3, 0.4) is 0 Å². The Kier molecular flexibility index (Phi) is 110. The van der Waals surface area contributed by atoms with Crippen molar-refractivity contribution in [3.63, 3.8) is 0 Å². The van der Waals surface area contributed by atoms with Crippen LogP contribution in [0, 0.1) is 0 Å². The van der Waals surface area contributed by atoms with E-state index in [9.17, 15) is 0 Å². The van der Waals surface area contributed by atoms with Crippen molar-refractivity contribution < 1.29 is 30.3 Å². The minimum atomic E-state index is -0.250. The van der Waals surface area contributed by atoms with Gasteiger partial charge in [-0.05, 0) is 0 Å². The van der Waals surface area contributed by atoms with E-state index in [1.165, 1.54) is 0 Å². The molecule has 6 heavy (non-hydrogen) atoms. The minimum absolute atomic E-state index is 0. The standard InChI is InChI=1S/CH2O2.2Na.Pd/c2-1-3;;;/h1H,(H,2,3);;;. The molecule has 0 aliphatic carbocycles. The first-order chi connectivity index (χ1) is 1.41. The summed E-state index contributed by atoms with van der Waals surface area (Å²) in [6.07, 6.45) is 0. The van der Waals surface area contributed by atoms with E-state index in [-0.39, 0.29) is 86.0 Å². The third-order valence-corrected chi connectivity index (χ3v) is 0. The average Bonchev–Trinajstić information content (AvgIpc) is 0.918. The van der Waals surface area contributed by atoms with Crippen molar-refractivity contribution in [3.8, 4) is 0 Å². The van der Waals surface area contributed by atoms with Crippen molar-refractivity contribution in [2.24, 2.45) is 0 Å². The summed E-state index contributed by atoms with van der Waals surface area (Å²) in [4.78, 5) is 8.36. The largest absolute Gasteiger partial charge is 0.483 e. The molecule has 5 heteroatoms. The monoisotopic (exact) mass is 198 g/mol. The fraction of sp³-hybridized carbons (Fsp3) is 0. The van der Waals surface area contributed by atoms with E-state index in [0.717, 1.165) is 0 Å². The molecule has 2 nitrogen and oxygen atoms in total. The Balaban J connectivity index is -0.00000000667. The van der Waals surface area contributed by atoms with Gasteiger partial charge in [0.1, 0.15) is 0 Å². The molecule has 0 heterocycles. The van der Waals surface area contributed by atoms with Gasteiger partial charge in [-0.2, -0.15) is 0 Å². The van der Waals surface area contributed by atoms with Crippen LogP contribution < -0.4 is 0 Å². The molecule has 30 valence electrons. The second kappa shape index (κ2) is 27.3. The van der Waals surface area contributed by atoms with Gasteiger partial charge in [0.05, 0.1) is 0 Å². The van der Waals surface area contributed by atoms with Crippen LogP contribution in [0.5, 0.6) is 0 Å². The number of carboxylic acid groups (broad SMARTS) is 1. The van der Waals surface area contributed by atoms with Crippen LogP contribution in [0.2, 0.25) is 0 Å². The van der Waals surface area contributed by atoms with Gasteiger partial charge in [-0.25, -0.2) is 0 Å². The van der Waals surface area contributed by atoms with Gasteiger partial charge in [0, 0.05) is 79.5 Å². The predicted octanol–water partition coefficient (Wildman–Crippen LogP) is -1.06. The Morgan fingerprint density at radius 1 is 1.33 bits per heavy atom. The first kappa shape index (κ1) is 24.2. The molecule has 0 aliphatic rings. The van der Waals surface area contributed by atoms with Gasteiger partial charge >= 0.3 is 0 Å². The molecule has 0 saturated heterocycles. The summed E-state index contributed by atoms with van der Waals surface area (Å²) in [5.41, 5.74) is 0.